The number of nitrogens with two attached hydrogens (primary N) is 1. The topological polar surface area (TPSA) is 32.5 Å². The first-order valence-electron chi connectivity index (χ1n) is 8.09. The molecule has 2 heterocycles. The van der Waals surface area contributed by atoms with E-state index in [4.69, 9.17) is 5.73 Å². The van der Waals surface area contributed by atoms with Crippen molar-refractivity contribution >= 4 is 11.4 Å². The van der Waals surface area contributed by atoms with Gasteiger partial charge in [0.25, 0.3) is 0 Å². The Hall–Kier alpha value is -1.22. The highest BCUT2D eigenvalue weighted by Gasteiger charge is 2.25. The van der Waals surface area contributed by atoms with E-state index < -0.39 is 0 Å². The van der Waals surface area contributed by atoms with Gasteiger partial charge < -0.3 is 15.5 Å². The summed E-state index contributed by atoms with van der Waals surface area (Å²) in [6.07, 6.45) is 6.85. The maximum Gasteiger partial charge on any atom is 0.0370 e. The molecule has 3 heteroatoms. The van der Waals surface area contributed by atoms with Gasteiger partial charge in [0.2, 0.25) is 0 Å². The van der Waals surface area contributed by atoms with Gasteiger partial charge in [-0.3, -0.25) is 0 Å². The second kappa shape index (κ2) is 6.04. The molecule has 0 saturated carbocycles. The molecule has 0 unspecified atom stereocenters. The zero-order chi connectivity index (χ0) is 13.9. The number of benzene rings is 1. The summed E-state index contributed by atoms with van der Waals surface area (Å²) < 4.78 is 0. The van der Waals surface area contributed by atoms with Crippen molar-refractivity contribution in [2.24, 2.45) is 0 Å². The predicted octanol–water partition coefficient (Wildman–Crippen LogP) is 3.03. The molecule has 110 valence electrons. The maximum atomic E-state index is 5.91. The van der Waals surface area contributed by atoms with Gasteiger partial charge in [0.05, 0.1) is 0 Å². The molecule has 0 aromatic heterocycles. The average Bonchev–Trinajstić information content (AvgIpc) is 2.51. The van der Waals surface area contributed by atoms with Crippen LogP contribution in [0, 0.1) is 6.92 Å². The summed E-state index contributed by atoms with van der Waals surface area (Å²) in [7, 11) is 0. The molecule has 20 heavy (non-hydrogen) atoms. The van der Waals surface area contributed by atoms with Gasteiger partial charge in [0.15, 0.2) is 0 Å². The number of likely N-dealkylation sites (tertiary alicyclic amines) is 1. The van der Waals surface area contributed by atoms with Crippen LogP contribution in [0.2, 0.25) is 0 Å². The summed E-state index contributed by atoms with van der Waals surface area (Å²) >= 11 is 0. The van der Waals surface area contributed by atoms with E-state index >= 15 is 0 Å². The fourth-order valence-electron chi connectivity index (χ4n) is 3.63. The summed E-state index contributed by atoms with van der Waals surface area (Å²) in [6, 6.07) is 7.27. The fraction of sp³-hybridized carbons (Fsp3) is 0.647. The number of rotatable bonds is 2. The molecule has 0 amide bonds. The van der Waals surface area contributed by atoms with Crippen LogP contribution >= 0.6 is 0 Å². The number of hydrogen-bond donors (Lipinski definition) is 1. The lowest BCUT2D eigenvalue weighted by atomic mass is 9.99. The molecule has 0 spiro atoms. The Bertz CT molecular complexity index is 444. The smallest absolute Gasteiger partial charge is 0.0370 e. The number of piperidine rings is 2. The maximum absolute atomic E-state index is 5.91. The summed E-state index contributed by atoms with van der Waals surface area (Å²) in [5.41, 5.74) is 9.35. The molecule has 1 aromatic carbocycles. The first kappa shape index (κ1) is 13.7. The highest BCUT2D eigenvalue weighted by Crippen LogP contribution is 2.26. The number of nitrogen functional groups attached to an aromatic ring is 1. The highest BCUT2D eigenvalue weighted by atomic mass is 15.2. The standard InChI is InChI=1S/C17H27N3/c1-14-13-16(5-6-17(14)18)20-11-7-15(8-12-20)19-9-3-2-4-10-19/h5-6,13,15H,2-4,7-12,18H2,1H3. The lowest BCUT2D eigenvalue weighted by Gasteiger charge is -2.41. The van der Waals surface area contributed by atoms with Crippen molar-refractivity contribution in [1.82, 2.24) is 4.90 Å². The van der Waals surface area contributed by atoms with Crippen molar-refractivity contribution in [2.75, 3.05) is 36.8 Å². The Balaban J connectivity index is 1.58. The Labute approximate surface area is 122 Å². The summed E-state index contributed by atoms with van der Waals surface area (Å²) in [4.78, 5) is 5.25. The van der Waals surface area contributed by atoms with Crippen LogP contribution in [0.3, 0.4) is 0 Å². The molecule has 0 radical (unpaired) electrons. The summed E-state index contributed by atoms with van der Waals surface area (Å²) in [5.74, 6) is 0. The van der Waals surface area contributed by atoms with Crippen molar-refractivity contribution in [2.45, 2.75) is 45.1 Å². The van der Waals surface area contributed by atoms with E-state index in [2.05, 4.69) is 28.9 Å². The van der Waals surface area contributed by atoms with E-state index in [9.17, 15) is 0 Å². The SMILES string of the molecule is Cc1cc(N2CCC(N3CCCCC3)CC2)ccc1N. The first-order valence-corrected chi connectivity index (χ1v) is 8.09. The molecule has 2 N–H and O–H groups in total. The van der Waals surface area contributed by atoms with E-state index in [0.717, 1.165) is 11.7 Å². The van der Waals surface area contributed by atoms with E-state index in [0.29, 0.717) is 0 Å². The Morgan fingerprint density at radius 1 is 1.00 bits per heavy atom. The molecular weight excluding hydrogens is 246 g/mol. The van der Waals surface area contributed by atoms with Gasteiger partial charge in [-0.15, -0.1) is 0 Å². The molecule has 2 aliphatic heterocycles. The molecular formula is C17H27N3. The Morgan fingerprint density at radius 2 is 1.70 bits per heavy atom. The lowest BCUT2D eigenvalue weighted by molar-refractivity contribution is 0.141. The monoisotopic (exact) mass is 273 g/mol. The largest absolute Gasteiger partial charge is 0.399 e. The molecule has 2 saturated heterocycles. The van der Waals surface area contributed by atoms with Crippen LogP contribution in [-0.2, 0) is 0 Å². The van der Waals surface area contributed by atoms with Crippen LogP contribution in [0.5, 0.6) is 0 Å². The predicted molar refractivity (Wildman–Crippen MR) is 86.3 cm³/mol. The van der Waals surface area contributed by atoms with E-state index in [1.54, 1.807) is 0 Å². The second-order valence-electron chi connectivity index (χ2n) is 6.36. The number of nitrogens with zero attached hydrogens (tertiary/aromatic N) is 2. The second-order valence-corrected chi connectivity index (χ2v) is 6.36. The van der Waals surface area contributed by atoms with Crippen molar-refractivity contribution in [1.29, 1.82) is 0 Å². The lowest BCUT2D eigenvalue weighted by Crippen LogP contribution is -2.46. The van der Waals surface area contributed by atoms with Crippen LogP contribution in [0.25, 0.3) is 0 Å². The minimum Gasteiger partial charge on any atom is -0.399 e. The Kier molecular flexibility index (Phi) is 4.16. The van der Waals surface area contributed by atoms with Crippen LogP contribution < -0.4 is 10.6 Å². The molecule has 0 aliphatic carbocycles. The summed E-state index contributed by atoms with van der Waals surface area (Å²) in [5, 5.41) is 0. The zero-order valence-corrected chi connectivity index (χ0v) is 12.6. The first-order chi connectivity index (χ1) is 9.74. The molecule has 1 aromatic rings. The van der Waals surface area contributed by atoms with E-state index in [1.165, 1.54) is 69.5 Å². The van der Waals surface area contributed by atoms with Crippen LogP contribution in [0.4, 0.5) is 11.4 Å². The highest BCUT2D eigenvalue weighted by molar-refractivity contribution is 5.58. The summed E-state index contributed by atoms with van der Waals surface area (Å²) in [6.45, 7) is 7.12. The van der Waals surface area contributed by atoms with Crippen LogP contribution in [0.1, 0.15) is 37.7 Å². The molecule has 0 bridgehead atoms. The van der Waals surface area contributed by atoms with Crippen molar-refractivity contribution in [3.05, 3.63) is 23.8 Å². The molecule has 3 nitrogen and oxygen atoms in total. The van der Waals surface area contributed by atoms with Gasteiger partial charge >= 0.3 is 0 Å². The van der Waals surface area contributed by atoms with Gasteiger partial charge in [0.1, 0.15) is 0 Å². The quantitative estimate of drug-likeness (QED) is 0.841. The van der Waals surface area contributed by atoms with Gasteiger partial charge in [-0.2, -0.15) is 0 Å². The number of anilines is 2. The van der Waals surface area contributed by atoms with Crippen molar-refractivity contribution < 1.29 is 0 Å². The third-order valence-corrected chi connectivity index (χ3v) is 4.99. The molecule has 2 fully saturated rings. The third kappa shape index (κ3) is 2.93. The number of aryl methyl sites for hydroxylation is 1. The van der Waals surface area contributed by atoms with Crippen molar-refractivity contribution in [3.8, 4) is 0 Å². The third-order valence-electron chi connectivity index (χ3n) is 4.99. The zero-order valence-electron chi connectivity index (χ0n) is 12.6. The molecule has 2 aliphatic rings. The number of hydrogen-bond acceptors (Lipinski definition) is 3. The minimum atomic E-state index is 0.821. The van der Waals surface area contributed by atoms with E-state index in [1.807, 2.05) is 6.07 Å². The van der Waals surface area contributed by atoms with Crippen LogP contribution in [0.15, 0.2) is 18.2 Å². The Morgan fingerprint density at radius 3 is 2.35 bits per heavy atom. The average molecular weight is 273 g/mol. The van der Waals surface area contributed by atoms with Crippen LogP contribution in [-0.4, -0.2) is 37.1 Å². The molecule has 3 rings (SSSR count). The minimum absolute atomic E-state index is 0.821. The van der Waals surface area contributed by atoms with E-state index in [-0.39, 0.29) is 0 Å². The normalized spacial score (nSPS) is 22.1. The van der Waals surface area contributed by atoms with Crippen molar-refractivity contribution in [3.63, 3.8) is 0 Å². The van der Waals surface area contributed by atoms with Gasteiger partial charge in [0, 0.05) is 30.5 Å². The van der Waals surface area contributed by atoms with Gasteiger partial charge in [-0.25, -0.2) is 0 Å². The molecule has 0 atom stereocenters. The van der Waals surface area contributed by atoms with Gasteiger partial charge in [-0.05, 0) is 69.5 Å². The van der Waals surface area contributed by atoms with Gasteiger partial charge in [-0.1, -0.05) is 6.42 Å². The fourth-order valence-corrected chi connectivity index (χ4v) is 3.63.